The van der Waals surface area contributed by atoms with Crippen LogP contribution in [-0.4, -0.2) is 24.9 Å². The zero-order chi connectivity index (χ0) is 14.2. The Kier molecular flexibility index (Phi) is 3.40. The standard InChI is InChI=1S/C11H8ClF3N2O2/c12-7-2-1-6(11(13,14)15)3-8(7)17-5-9(18)16-4-10(17)19/h1-3H,4-5H2,(H,16,18). The van der Waals surface area contributed by atoms with Gasteiger partial charge in [-0.05, 0) is 18.2 Å². The number of halogens is 4. The highest BCUT2D eigenvalue weighted by atomic mass is 35.5. The molecule has 1 fully saturated rings. The highest BCUT2D eigenvalue weighted by molar-refractivity contribution is 6.34. The molecule has 19 heavy (non-hydrogen) atoms. The van der Waals surface area contributed by atoms with Crippen LogP contribution in [0.2, 0.25) is 5.02 Å². The lowest BCUT2D eigenvalue weighted by molar-refractivity contribution is -0.137. The molecule has 8 heteroatoms. The maximum Gasteiger partial charge on any atom is 0.416 e. The van der Waals surface area contributed by atoms with E-state index in [4.69, 9.17) is 11.6 Å². The Hall–Kier alpha value is -1.76. The Morgan fingerprint density at radius 2 is 1.95 bits per heavy atom. The van der Waals surface area contributed by atoms with Gasteiger partial charge in [-0.3, -0.25) is 14.5 Å². The third-order valence-electron chi connectivity index (χ3n) is 2.60. The Balaban J connectivity index is 2.43. The molecule has 1 heterocycles. The lowest BCUT2D eigenvalue weighted by Crippen LogP contribution is -2.51. The normalized spacial score (nSPS) is 16.5. The molecule has 1 aliphatic heterocycles. The number of rotatable bonds is 1. The quantitative estimate of drug-likeness (QED) is 0.858. The molecule has 0 spiro atoms. The summed E-state index contributed by atoms with van der Waals surface area (Å²) in [5, 5.41) is 2.28. The Morgan fingerprint density at radius 3 is 2.58 bits per heavy atom. The van der Waals surface area contributed by atoms with Crippen molar-refractivity contribution in [2.24, 2.45) is 0 Å². The van der Waals surface area contributed by atoms with E-state index in [0.29, 0.717) is 0 Å². The monoisotopic (exact) mass is 292 g/mol. The van der Waals surface area contributed by atoms with E-state index >= 15 is 0 Å². The summed E-state index contributed by atoms with van der Waals surface area (Å²) >= 11 is 5.80. The fraction of sp³-hybridized carbons (Fsp3) is 0.273. The van der Waals surface area contributed by atoms with Gasteiger partial charge < -0.3 is 5.32 Å². The number of carbonyl (C=O) groups is 2. The van der Waals surface area contributed by atoms with E-state index < -0.39 is 23.6 Å². The summed E-state index contributed by atoms with van der Waals surface area (Å²) in [5.41, 5.74) is -1.04. The van der Waals surface area contributed by atoms with Crippen molar-refractivity contribution in [3.05, 3.63) is 28.8 Å². The first-order valence-corrected chi connectivity index (χ1v) is 5.60. The van der Waals surface area contributed by atoms with Gasteiger partial charge in [-0.1, -0.05) is 11.6 Å². The van der Waals surface area contributed by atoms with Gasteiger partial charge in [0.05, 0.1) is 22.8 Å². The Labute approximate surface area is 111 Å². The summed E-state index contributed by atoms with van der Waals surface area (Å²) in [4.78, 5) is 23.8. The van der Waals surface area contributed by atoms with Crippen molar-refractivity contribution in [1.29, 1.82) is 0 Å². The van der Waals surface area contributed by atoms with Crippen LogP contribution in [0.15, 0.2) is 18.2 Å². The van der Waals surface area contributed by atoms with Crippen LogP contribution in [0.25, 0.3) is 0 Å². The average molecular weight is 293 g/mol. The molecule has 2 amide bonds. The molecule has 1 aromatic rings. The molecule has 4 nitrogen and oxygen atoms in total. The minimum atomic E-state index is -4.54. The van der Waals surface area contributed by atoms with Crippen molar-refractivity contribution in [3.8, 4) is 0 Å². The van der Waals surface area contributed by atoms with Gasteiger partial charge in [0.15, 0.2) is 0 Å². The van der Waals surface area contributed by atoms with Crippen LogP contribution in [-0.2, 0) is 15.8 Å². The van der Waals surface area contributed by atoms with Crippen molar-refractivity contribution in [3.63, 3.8) is 0 Å². The predicted octanol–water partition coefficient (Wildman–Crippen LogP) is 1.82. The number of benzene rings is 1. The smallest absolute Gasteiger partial charge is 0.345 e. The van der Waals surface area contributed by atoms with Crippen LogP contribution < -0.4 is 10.2 Å². The second-order valence-electron chi connectivity index (χ2n) is 3.92. The Morgan fingerprint density at radius 1 is 1.26 bits per heavy atom. The van der Waals surface area contributed by atoms with Gasteiger partial charge in [0, 0.05) is 0 Å². The van der Waals surface area contributed by atoms with Gasteiger partial charge in [0.1, 0.15) is 6.54 Å². The van der Waals surface area contributed by atoms with Crippen molar-refractivity contribution < 1.29 is 22.8 Å². The minimum absolute atomic E-state index is 0.0175. The van der Waals surface area contributed by atoms with Gasteiger partial charge in [0.25, 0.3) is 0 Å². The molecule has 1 saturated heterocycles. The third-order valence-corrected chi connectivity index (χ3v) is 2.92. The molecule has 0 saturated carbocycles. The molecular weight excluding hydrogens is 285 g/mol. The van der Waals surface area contributed by atoms with Crippen molar-refractivity contribution >= 4 is 29.1 Å². The van der Waals surface area contributed by atoms with Crippen molar-refractivity contribution in [2.75, 3.05) is 18.0 Å². The van der Waals surface area contributed by atoms with E-state index in [9.17, 15) is 22.8 Å². The van der Waals surface area contributed by atoms with Crippen LogP contribution in [0.1, 0.15) is 5.56 Å². The number of nitrogens with zero attached hydrogens (tertiary/aromatic N) is 1. The second-order valence-corrected chi connectivity index (χ2v) is 4.33. The van der Waals surface area contributed by atoms with Crippen LogP contribution in [0.5, 0.6) is 0 Å². The highest BCUT2D eigenvalue weighted by Gasteiger charge is 2.33. The molecule has 1 aromatic carbocycles. The molecule has 2 rings (SSSR count). The molecule has 0 radical (unpaired) electrons. The van der Waals surface area contributed by atoms with E-state index in [1.165, 1.54) is 0 Å². The van der Waals surface area contributed by atoms with E-state index in [1.807, 2.05) is 0 Å². The minimum Gasteiger partial charge on any atom is -0.345 e. The van der Waals surface area contributed by atoms with Gasteiger partial charge in [-0.15, -0.1) is 0 Å². The highest BCUT2D eigenvalue weighted by Crippen LogP contribution is 2.35. The lowest BCUT2D eigenvalue weighted by atomic mass is 10.1. The average Bonchev–Trinajstić information content (AvgIpc) is 2.32. The molecule has 0 aliphatic carbocycles. The summed E-state index contributed by atoms with van der Waals surface area (Å²) in [6.45, 7) is -0.606. The fourth-order valence-corrected chi connectivity index (χ4v) is 1.89. The van der Waals surface area contributed by atoms with Crippen LogP contribution in [0.3, 0.4) is 0 Å². The number of piperazine rings is 1. The summed E-state index contributed by atoms with van der Waals surface area (Å²) < 4.78 is 37.8. The zero-order valence-electron chi connectivity index (χ0n) is 9.42. The predicted molar refractivity (Wildman–Crippen MR) is 61.8 cm³/mol. The van der Waals surface area contributed by atoms with Crippen molar-refractivity contribution in [1.82, 2.24) is 5.32 Å². The molecule has 1 N–H and O–H groups in total. The number of anilines is 1. The zero-order valence-corrected chi connectivity index (χ0v) is 10.2. The van der Waals surface area contributed by atoms with Gasteiger partial charge in [-0.2, -0.15) is 13.2 Å². The maximum atomic E-state index is 12.6. The van der Waals surface area contributed by atoms with E-state index in [0.717, 1.165) is 23.1 Å². The third kappa shape index (κ3) is 2.81. The molecule has 1 aliphatic rings. The molecule has 0 bridgehead atoms. The van der Waals surface area contributed by atoms with Crippen molar-refractivity contribution in [2.45, 2.75) is 6.18 Å². The molecule has 102 valence electrons. The first-order chi connectivity index (χ1) is 8.79. The van der Waals surface area contributed by atoms with E-state index in [2.05, 4.69) is 5.32 Å². The molecular formula is C11H8ClF3N2O2. The number of alkyl halides is 3. The lowest BCUT2D eigenvalue weighted by Gasteiger charge is -2.27. The largest absolute Gasteiger partial charge is 0.416 e. The SMILES string of the molecule is O=C1CN(c2cc(C(F)(F)F)ccc2Cl)C(=O)CN1. The summed E-state index contributed by atoms with van der Waals surface area (Å²) in [7, 11) is 0. The fourth-order valence-electron chi connectivity index (χ4n) is 1.67. The van der Waals surface area contributed by atoms with Gasteiger partial charge in [0.2, 0.25) is 11.8 Å². The van der Waals surface area contributed by atoms with Gasteiger partial charge in [-0.25, -0.2) is 0 Å². The summed E-state index contributed by atoms with van der Waals surface area (Å²) in [5.74, 6) is -0.964. The summed E-state index contributed by atoms with van der Waals surface area (Å²) in [6, 6.07) is 2.64. The molecule has 0 unspecified atom stereocenters. The first kappa shape index (κ1) is 13.7. The molecule has 0 aromatic heterocycles. The van der Waals surface area contributed by atoms with Crippen LogP contribution >= 0.6 is 11.6 Å². The van der Waals surface area contributed by atoms with Gasteiger partial charge >= 0.3 is 6.18 Å². The number of nitrogens with one attached hydrogen (secondary N) is 1. The topological polar surface area (TPSA) is 49.4 Å². The second kappa shape index (κ2) is 4.73. The first-order valence-electron chi connectivity index (χ1n) is 5.23. The molecule has 0 atom stereocenters. The van der Waals surface area contributed by atoms with E-state index in [1.54, 1.807) is 0 Å². The number of amides is 2. The van der Waals surface area contributed by atoms with Crippen LogP contribution in [0, 0.1) is 0 Å². The number of hydrogen-bond acceptors (Lipinski definition) is 2. The number of hydrogen-bond donors (Lipinski definition) is 1. The van der Waals surface area contributed by atoms with Crippen LogP contribution in [0.4, 0.5) is 18.9 Å². The number of carbonyl (C=O) groups excluding carboxylic acids is 2. The summed E-state index contributed by atoms with van der Waals surface area (Å²) in [6.07, 6.45) is -4.54. The maximum absolute atomic E-state index is 12.6. The Bertz CT molecular complexity index is 545. The van der Waals surface area contributed by atoms with E-state index in [-0.39, 0.29) is 23.8 Å².